The summed E-state index contributed by atoms with van der Waals surface area (Å²) in [4.78, 5) is 4.39. The number of nitrogens with one attached hydrogen (secondary N) is 2. The minimum atomic E-state index is -0.0888. The molecule has 4 rings (SSSR count). The summed E-state index contributed by atoms with van der Waals surface area (Å²) in [5.41, 5.74) is 1.98. The molecule has 0 radical (unpaired) electrons. The molecule has 0 unspecified atom stereocenters. The third kappa shape index (κ3) is 4.49. The van der Waals surface area contributed by atoms with Gasteiger partial charge in [0, 0.05) is 44.0 Å². The lowest BCUT2D eigenvalue weighted by Gasteiger charge is -2.38. The summed E-state index contributed by atoms with van der Waals surface area (Å²) in [6.45, 7) is 2.42. The molecule has 2 aliphatic heterocycles. The van der Waals surface area contributed by atoms with Gasteiger partial charge < -0.3 is 34.3 Å². The molecule has 0 aliphatic carbocycles. The minimum absolute atomic E-state index is 0.0888. The number of benzene rings is 2. The monoisotopic (exact) mass is 427 g/mol. The van der Waals surface area contributed by atoms with Crippen LogP contribution < -0.4 is 29.6 Å². The number of anilines is 1. The van der Waals surface area contributed by atoms with Crippen LogP contribution in [0.2, 0.25) is 0 Å². The van der Waals surface area contributed by atoms with E-state index >= 15 is 0 Å². The third-order valence-electron chi connectivity index (χ3n) is 5.90. The van der Waals surface area contributed by atoms with E-state index in [9.17, 15) is 0 Å². The predicted octanol–water partition coefficient (Wildman–Crippen LogP) is 3.17. The second kappa shape index (κ2) is 9.34. The van der Waals surface area contributed by atoms with E-state index in [1.165, 1.54) is 5.56 Å². The summed E-state index contributed by atoms with van der Waals surface area (Å²) in [6.07, 6.45) is 1.82. The van der Waals surface area contributed by atoms with E-state index < -0.39 is 0 Å². The van der Waals surface area contributed by atoms with Crippen molar-refractivity contribution in [1.29, 1.82) is 0 Å². The van der Waals surface area contributed by atoms with Crippen molar-refractivity contribution in [2.24, 2.45) is 4.99 Å². The summed E-state index contributed by atoms with van der Waals surface area (Å²) in [5, 5.41) is 6.83. The summed E-state index contributed by atoms with van der Waals surface area (Å²) < 4.78 is 27.5. The van der Waals surface area contributed by atoms with Gasteiger partial charge >= 0.3 is 0 Å². The summed E-state index contributed by atoms with van der Waals surface area (Å²) in [6, 6.07) is 11.9. The molecule has 166 valence electrons. The van der Waals surface area contributed by atoms with Crippen LogP contribution in [-0.2, 0) is 10.2 Å². The molecule has 0 bridgehead atoms. The topological polar surface area (TPSA) is 82.6 Å². The Hall–Kier alpha value is -3.13. The molecule has 0 atom stereocenters. The molecule has 0 saturated carbocycles. The van der Waals surface area contributed by atoms with Crippen LogP contribution in [0.5, 0.6) is 23.0 Å². The van der Waals surface area contributed by atoms with Crippen LogP contribution in [0.4, 0.5) is 5.69 Å². The number of hydrogen-bond acceptors (Lipinski definition) is 6. The van der Waals surface area contributed by atoms with Gasteiger partial charge in [-0.3, -0.25) is 4.99 Å². The molecule has 0 aromatic heterocycles. The first-order chi connectivity index (χ1) is 15.2. The average molecular weight is 428 g/mol. The van der Waals surface area contributed by atoms with Gasteiger partial charge in [0.25, 0.3) is 0 Å². The molecular formula is C23H29N3O5. The van der Waals surface area contributed by atoms with Crippen LogP contribution >= 0.6 is 0 Å². The molecule has 8 heteroatoms. The Morgan fingerprint density at radius 2 is 1.77 bits per heavy atom. The molecule has 2 heterocycles. The summed E-state index contributed by atoms with van der Waals surface area (Å²) in [7, 11) is 5.00. The molecule has 2 aromatic rings. The average Bonchev–Trinajstić information content (AvgIpc) is 3.30. The van der Waals surface area contributed by atoms with Crippen molar-refractivity contribution in [3.05, 3.63) is 42.0 Å². The van der Waals surface area contributed by atoms with Gasteiger partial charge in [0.05, 0.1) is 14.2 Å². The standard InChI is InChI=1S/C23H29N3O5/c1-24-22(26-17-5-7-18(27-2)20(13-17)28-3)25-14-23(8-10-29-11-9-23)16-4-6-19-21(12-16)31-15-30-19/h4-7,12-13H,8-11,14-15H2,1-3H3,(H2,24,25,26). The fraction of sp³-hybridized carbons (Fsp3) is 0.435. The zero-order valence-electron chi connectivity index (χ0n) is 18.2. The number of ether oxygens (including phenoxy) is 5. The number of methoxy groups -OCH3 is 2. The molecule has 0 spiro atoms. The van der Waals surface area contributed by atoms with E-state index in [1.807, 2.05) is 24.3 Å². The second-order valence-electron chi connectivity index (χ2n) is 7.58. The van der Waals surface area contributed by atoms with Gasteiger partial charge in [-0.1, -0.05) is 6.07 Å². The lowest BCUT2D eigenvalue weighted by Crippen LogP contribution is -2.46. The molecule has 0 amide bonds. The van der Waals surface area contributed by atoms with Gasteiger partial charge in [0.2, 0.25) is 6.79 Å². The van der Waals surface area contributed by atoms with Crippen molar-refractivity contribution >= 4 is 11.6 Å². The molecule has 1 fully saturated rings. The molecular weight excluding hydrogens is 398 g/mol. The van der Waals surface area contributed by atoms with Crippen molar-refractivity contribution in [2.75, 3.05) is 53.1 Å². The van der Waals surface area contributed by atoms with Crippen LogP contribution in [0.3, 0.4) is 0 Å². The highest BCUT2D eigenvalue weighted by Gasteiger charge is 2.36. The number of hydrogen-bond donors (Lipinski definition) is 2. The Morgan fingerprint density at radius 1 is 1.00 bits per heavy atom. The van der Waals surface area contributed by atoms with Crippen LogP contribution in [0.15, 0.2) is 41.4 Å². The number of nitrogens with zero attached hydrogens (tertiary/aromatic N) is 1. The lowest BCUT2D eigenvalue weighted by molar-refractivity contribution is 0.0514. The van der Waals surface area contributed by atoms with E-state index in [2.05, 4.69) is 27.8 Å². The van der Waals surface area contributed by atoms with Gasteiger partial charge in [-0.25, -0.2) is 0 Å². The zero-order valence-corrected chi connectivity index (χ0v) is 18.2. The number of rotatable bonds is 6. The van der Waals surface area contributed by atoms with E-state index in [1.54, 1.807) is 21.3 Å². The van der Waals surface area contributed by atoms with Gasteiger partial charge in [0.1, 0.15) is 0 Å². The second-order valence-corrected chi connectivity index (χ2v) is 7.58. The van der Waals surface area contributed by atoms with Crippen molar-refractivity contribution in [1.82, 2.24) is 5.32 Å². The first kappa shape index (κ1) is 21.1. The smallest absolute Gasteiger partial charge is 0.231 e. The van der Waals surface area contributed by atoms with E-state index in [4.69, 9.17) is 23.7 Å². The Bertz CT molecular complexity index is 941. The van der Waals surface area contributed by atoms with Gasteiger partial charge in [-0.15, -0.1) is 0 Å². The van der Waals surface area contributed by atoms with Crippen LogP contribution in [0.1, 0.15) is 18.4 Å². The van der Waals surface area contributed by atoms with Crippen molar-refractivity contribution in [3.63, 3.8) is 0 Å². The SMILES string of the molecule is CN=C(NCC1(c2ccc3c(c2)OCO3)CCOCC1)Nc1ccc(OC)c(OC)c1. The first-order valence-electron chi connectivity index (χ1n) is 10.3. The first-order valence-corrected chi connectivity index (χ1v) is 10.3. The van der Waals surface area contributed by atoms with E-state index in [0.29, 0.717) is 24.0 Å². The quantitative estimate of drug-likeness (QED) is 0.541. The third-order valence-corrected chi connectivity index (χ3v) is 5.90. The Balaban J connectivity index is 1.50. The predicted molar refractivity (Wildman–Crippen MR) is 119 cm³/mol. The Kier molecular flexibility index (Phi) is 6.36. The molecule has 1 saturated heterocycles. The minimum Gasteiger partial charge on any atom is -0.493 e. The van der Waals surface area contributed by atoms with Crippen molar-refractivity contribution in [2.45, 2.75) is 18.3 Å². The van der Waals surface area contributed by atoms with Crippen molar-refractivity contribution < 1.29 is 23.7 Å². The van der Waals surface area contributed by atoms with E-state index in [-0.39, 0.29) is 12.2 Å². The highest BCUT2D eigenvalue weighted by atomic mass is 16.7. The van der Waals surface area contributed by atoms with Gasteiger partial charge in [0.15, 0.2) is 29.0 Å². The van der Waals surface area contributed by atoms with Crippen molar-refractivity contribution in [3.8, 4) is 23.0 Å². The normalized spacial score (nSPS) is 17.2. The Labute approximate surface area is 182 Å². The van der Waals surface area contributed by atoms with Crippen LogP contribution in [0, 0.1) is 0 Å². The molecule has 8 nitrogen and oxygen atoms in total. The fourth-order valence-corrected chi connectivity index (χ4v) is 4.04. The van der Waals surface area contributed by atoms with E-state index in [0.717, 1.165) is 43.2 Å². The maximum atomic E-state index is 5.66. The number of fused-ring (bicyclic) bond motifs is 1. The van der Waals surface area contributed by atoms with Crippen LogP contribution in [0.25, 0.3) is 0 Å². The molecule has 2 aromatic carbocycles. The van der Waals surface area contributed by atoms with Gasteiger partial charge in [-0.05, 0) is 42.7 Å². The summed E-state index contributed by atoms with van der Waals surface area (Å²) in [5.74, 6) is 3.61. The van der Waals surface area contributed by atoms with Crippen LogP contribution in [-0.4, -0.2) is 53.8 Å². The molecule has 31 heavy (non-hydrogen) atoms. The van der Waals surface area contributed by atoms with Gasteiger partial charge in [-0.2, -0.15) is 0 Å². The largest absolute Gasteiger partial charge is 0.493 e. The maximum Gasteiger partial charge on any atom is 0.231 e. The maximum absolute atomic E-state index is 5.66. The highest BCUT2D eigenvalue weighted by molar-refractivity contribution is 5.94. The number of guanidine groups is 1. The highest BCUT2D eigenvalue weighted by Crippen LogP contribution is 2.40. The Morgan fingerprint density at radius 3 is 2.52 bits per heavy atom. The summed E-state index contributed by atoms with van der Waals surface area (Å²) >= 11 is 0. The number of aliphatic imine (C=N–C) groups is 1. The zero-order chi connectivity index (χ0) is 21.7. The lowest BCUT2D eigenvalue weighted by atomic mass is 9.74. The molecule has 2 aliphatic rings. The fourth-order valence-electron chi connectivity index (χ4n) is 4.04. The molecule has 2 N–H and O–H groups in total.